The lowest BCUT2D eigenvalue weighted by Crippen LogP contribution is -2.25. The predicted molar refractivity (Wildman–Crippen MR) is 117 cm³/mol. The number of hydrogen-bond acceptors (Lipinski definition) is 6. The molecule has 1 unspecified atom stereocenters. The number of unbranched alkanes of at least 4 members (excludes halogenated alkanes) is 1. The molecule has 1 aliphatic heterocycles. The zero-order chi connectivity index (χ0) is 22.1. The number of hydrogen-bond donors (Lipinski definition) is 2. The van der Waals surface area contributed by atoms with Gasteiger partial charge in [-0.25, -0.2) is 0 Å². The quantitative estimate of drug-likeness (QED) is 0.490. The van der Waals surface area contributed by atoms with E-state index in [0.29, 0.717) is 51.5 Å². The van der Waals surface area contributed by atoms with Crippen molar-refractivity contribution in [2.45, 2.75) is 64.0 Å². The van der Waals surface area contributed by atoms with E-state index in [1.165, 1.54) is 0 Å². The summed E-state index contributed by atoms with van der Waals surface area (Å²) in [7, 11) is 1.60. The van der Waals surface area contributed by atoms with Crippen LogP contribution in [0.2, 0.25) is 0 Å². The number of methoxy groups -OCH3 is 1. The highest BCUT2D eigenvalue weighted by Crippen LogP contribution is 2.30. The Labute approximate surface area is 181 Å². The summed E-state index contributed by atoms with van der Waals surface area (Å²) in [5, 5.41) is 4.30. The third-order valence-corrected chi connectivity index (χ3v) is 6.16. The average Bonchev–Trinajstić information content (AvgIpc) is 3.02. The first-order valence-electron chi connectivity index (χ1n) is 10.3. The second kappa shape index (κ2) is 11.7. The van der Waals surface area contributed by atoms with Crippen LogP contribution in [-0.4, -0.2) is 41.7 Å². The molecule has 30 heavy (non-hydrogen) atoms. The molecule has 0 aliphatic carbocycles. The molecular formula is C22H30N2O5S. The van der Waals surface area contributed by atoms with Gasteiger partial charge in [-0.15, -0.1) is 0 Å². The maximum absolute atomic E-state index is 12.4. The zero-order valence-electron chi connectivity index (χ0n) is 17.8. The Balaban J connectivity index is 1.96. The van der Waals surface area contributed by atoms with Gasteiger partial charge in [0, 0.05) is 25.8 Å². The molecule has 0 saturated carbocycles. The molecule has 0 bridgehead atoms. The van der Waals surface area contributed by atoms with Gasteiger partial charge in [0.2, 0.25) is 11.8 Å². The molecule has 7 nitrogen and oxygen atoms in total. The van der Waals surface area contributed by atoms with Crippen LogP contribution in [0.15, 0.2) is 12.1 Å². The largest absolute Gasteiger partial charge is 0.496 e. The smallest absolute Gasteiger partial charge is 0.286 e. The summed E-state index contributed by atoms with van der Waals surface area (Å²) in [6.45, 7) is 4.45. The van der Waals surface area contributed by atoms with E-state index in [1.54, 1.807) is 7.11 Å². The highest BCUT2D eigenvalue weighted by molar-refractivity contribution is 8.15. The lowest BCUT2D eigenvalue weighted by molar-refractivity contribution is -0.122. The number of imide groups is 1. The molecule has 8 heteroatoms. The van der Waals surface area contributed by atoms with E-state index in [1.807, 2.05) is 26.0 Å². The van der Waals surface area contributed by atoms with Crippen LogP contribution in [0.25, 0.3) is 0 Å². The number of carbonyl (C=O) groups is 4. The molecule has 2 N–H and O–H groups in total. The molecule has 1 fully saturated rings. The topological polar surface area (TPSA) is 102 Å². The Morgan fingerprint density at radius 3 is 2.53 bits per heavy atom. The number of carbonyl (C=O) groups excluding carboxylic acids is 4. The first-order valence-corrected chi connectivity index (χ1v) is 11.2. The van der Waals surface area contributed by atoms with Crippen LogP contribution in [0, 0.1) is 6.92 Å². The molecule has 1 aromatic rings. The minimum Gasteiger partial charge on any atom is -0.496 e. The summed E-state index contributed by atoms with van der Waals surface area (Å²) in [6, 6.07) is 3.77. The number of benzene rings is 1. The summed E-state index contributed by atoms with van der Waals surface area (Å²) < 4.78 is 5.42. The number of Topliss-reactive ketones (excluding diaryl/α,β-unsaturated/α-hetero) is 1. The Morgan fingerprint density at radius 2 is 1.90 bits per heavy atom. The van der Waals surface area contributed by atoms with Crippen molar-refractivity contribution in [3.05, 3.63) is 28.8 Å². The summed E-state index contributed by atoms with van der Waals surface area (Å²) >= 11 is 1.01. The minimum absolute atomic E-state index is 0.0221. The van der Waals surface area contributed by atoms with E-state index < -0.39 is 5.25 Å². The number of ketones is 1. The van der Waals surface area contributed by atoms with Crippen molar-refractivity contribution < 1.29 is 23.9 Å². The molecule has 3 amide bonds. The minimum atomic E-state index is -0.450. The molecule has 1 aromatic carbocycles. The van der Waals surface area contributed by atoms with Crippen LogP contribution in [0.1, 0.15) is 55.7 Å². The molecule has 1 aliphatic rings. The molecular weight excluding hydrogens is 404 g/mol. The van der Waals surface area contributed by atoms with Gasteiger partial charge in [0.15, 0.2) is 0 Å². The van der Waals surface area contributed by atoms with E-state index in [4.69, 9.17) is 4.74 Å². The number of ether oxygens (including phenoxy) is 1. The van der Waals surface area contributed by atoms with Crippen LogP contribution in [0.4, 0.5) is 4.79 Å². The second-order valence-corrected chi connectivity index (χ2v) is 8.49. The normalized spacial score (nSPS) is 15.8. The lowest BCUT2D eigenvalue weighted by Gasteiger charge is -2.17. The molecule has 1 atom stereocenters. The van der Waals surface area contributed by atoms with Gasteiger partial charge >= 0.3 is 0 Å². The van der Waals surface area contributed by atoms with Gasteiger partial charge in [-0.2, -0.15) is 0 Å². The molecule has 164 valence electrons. The van der Waals surface area contributed by atoms with Crippen molar-refractivity contribution in [2.75, 3.05) is 13.7 Å². The molecule has 1 heterocycles. The maximum Gasteiger partial charge on any atom is 0.286 e. The fourth-order valence-electron chi connectivity index (χ4n) is 3.56. The van der Waals surface area contributed by atoms with Gasteiger partial charge in [-0.1, -0.05) is 17.8 Å². The van der Waals surface area contributed by atoms with Crippen LogP contribution < -0.4 is 15.4 Å². The molecule has 0 aromatic heterocycles. The van der Waals surface area contributed by atoms with Crippen molar-refractivity contribution in [1.29, 1.82) is 0 Å². The van der Waals surface area contributed by atoms with Crippen molar-refractivity contribution in [3.63, 3.8) is 0 Å². The van der Waals surface area contributed by atoms with Crippen molar-refractivity contribution >= 4 is 34.6 Å². The fourth-order valence-corrected chi connectivity index (χ4v) is 4.41. The van der Waals surface area contributed by atoms with Crippen LogP contribution in [0.5, 0.6) is 5.75 Å². The van der Waals surface area contributed by atoms with Crippen molar-refractivity contribution in [3.8, 4) is 5.75 Å². The summed E-state index contributed by atoms with van der Waals surface area (Å²) in [4.78, 5) is 47.2. The van der Waals surface area contributed by atoms with Gasteiger partial charge in [0.05, 0.1) is 12.4 Å². The first kappa shape index (κ1) is 23.9. The molecule has 0 spiro atoms. The van der Waals surface area contributed by atoms with Crippen LogP contribution in [-0.2, 0) is 27.2 Å². The Morgan fingerprint density at radius 1 is 1.17 bits per heavy atom. The summed E-state index contributed by atoms with van der Waals surface area (Å²) in [6.07, 6.45) is 3.67. The number of thioether (sulfide) groups is 1. The third kappa shape index (κ3) is 6.86. The number of nitrogens with one attached hydrogen (secondary N) is 2. The molecule has 1 saturated heterocycles. The van der Waals surface area contributed by atoms with E-state index in [-0.39, 0.29) is 22.8 Å². The highest BCUT2D eigenvalue weighted by atomic mass is 32.2. The van der Waals surface area contributed by atoms with Gasteiger partial charge in [0.1, 0.15) is 11.5 Å². The lowest BCUT2D eigenvalue weighted by atomic mass is 9.92. The molecule has 2 rings (SSSR count). The van der Waals surface area contributed by atoms with Gasteiger partial charge in [-0.3, -0.25) is 24.5 Å². The first-order chi connectivity index (χ1) is 14.3. The molecule has 0 radical (unpaired) electrons. The monoisotopic (exact) mass is 434 g/mol. The SMILES string of the molecule is CCNC(=O)CCCCC(=O)CCc1c(CC2SC(=O)NC2=O)ccc(OC)c1C. The third-order valence-electron chi connectivity index (χ3n) is 5.18. The van der Waals surface area contributed by atoms with Gasteiger partial charge in [-0.05, 0) is 62.3 Å². The summed E-state index contributed by atoms with van der Waals surface area (Å²) in [5.41, 5.74) is 2.91. The average molecular weight is 435 g/mol. The Bertz CT molecular complexity index is 809. The van der Waals surface area contributed by atoms with Crippen LogP contribution >= 0.6 is 11.8 Å². The standard InChI is InChI=1S/C22H30N2O5S/c1-4-23-20(26)8-6-5-7-16(25)10-11-17-14(2)18(29-3)12-9-15(17)13-19-21(27)24-22(28)30-19/h9,12,19H,4-8,10-11,13H2,1-3H3,(H,23,26)(H,24,27,28). The van der Waals surface area contributed by atoms with Gasteiger partial charge in [0.25, 0.3) is 5.24 Å². The maximum atomic E-state index is 12.4. The number of amides is 3. The van der Waals surface area contributed by atoms with Gasteiger partial charge < -0.3 is 10.1 Å². The number of rotatable bonds is 12. The van der Waals surface area contributed by atoms with E-state index in [2.05, 4.69) is 10.6 Å². The zero-order valence-corrected chi connectivity index (χ0v) is 18.7. The van der Waals surface area contributed by atoms with Crippen molar-refractivity contribution in [2.24, 2.45) is 0 Å². The highest BCUT2D eigenvalue weighted by Gasteiger charge is 2.32. The van der Waals surface area contributed by atoms with E-state index in [0.717, 1.165) is 34.2 Å². The Hall–Kier alpha value is -2.35. The predicted octanol–water partition coefficient (Wildman–Crippen LogP) is 3.10. The van der Waals surface area contributed by atoms with Crippen LogP contribution in [0.3, 0.4) is 0 Å². The summed E-state index contributed by atoms with van der Waals surface area (Å²) in [5.74, 6) is 0.645. The van der Waals surface area contributed by atoms with E-state index >= 15 is 0 Å². The fraction of sp³-hybridized carbons (Fsp3) is 0.545. The second-order valence-electron chi connectivity index (χ2n) is 7.32. The van der Waals surface area contributed by atoms with E-state index in [9.17, 15) is 19.2 Å². The Kier molecular flexibility index (Phi) is 9.36. The van der Waals surface area contributed by atoms with Crippen molar-refractivity contribution in [1.82, 2.24) is 10.6 Å².